The lowest BCUT2D eigenvalue weighted by Crippen LogP contribution is -2.16. The lowest BCUT2D eigenvalue weighted by molar-refractivity contribution is 0.315. The van der Waals surface area contributed by atoms with Gasteiger partial charge in [0.15, 0.2) is 0 Å². The molecule has 1 unspecified atom stereocenters. The van der Waals surface area contributed by atoms with Gasteiger partial charge in [0.1, 0.15) is 5.76 Å². The summed E-state index contributed by atoms with van der Waals surface area (Å²) in [5.74, 6) is 1.13. The van der Waals surface area contributed by atoms with E-state index in [-0.39, 0.29) is 5.41 Å². The van der Waals surface area contributed by atoms with Crippen LogP contribution in [0.5, 0.6) is 0 Å². The van der Waals surface area contributed by atoms with E-state index < -0.39 is 0 Å². The van der Waals surface area contributed by atoms with Crippen LogP contribution in [-0.2, 0) is 0 Å². The number of hydrogen-bond acceptors (Lipinski definition) is 1. The Balaban J connectivity index is 3.03. The number of rotatable bonds is 2. The molecule has 0 fully saturated rings. The topological polar surface area (TPSA) is 20.2 Å². The zero-order valence-electron chi connectivity index (χ0n) is 10.0. The molecule has 1 nitrogen and oxygen atoms in total. The number of hydrogen-bond donors (Lipinski definition) is 1. The van der Waals surface area contributed by atoms with Crippen LogP contribution in [0, 0.1) is 11.3 Å². The molecule has 0 aliphatic heterocycles. The van der Waals surface area contributed by atoms with Crippen LogP contribution < -0.4 is 0 Å². The minimum atomic E-state index is 0.241. The van der Waals surface area contributed by atoms with Gasteiger partial charge in [0.2, 0.25) is 0 Å². The van der Waals surface area contributed by atoms with E-state index in [4.69, 9.17) is 0 Å². The van der Waals surface area contributed by atoms with Gasteiger partial charge in [-0.05, 0) is 42.7 Å². The predicted octanol–water partition coefficient (Wildman–Crippen LogP) is 4.22. The van der Waals surface area contributed by atoms with E-state index in [0.29, 0.717) is 11.7 Å². The number of aliphatic hydroxyl groups is 1. The summed E-state index contributed by atoms with van der Waals surface area (Å²) in [6.07, 6.45) is 3.82. The van der Waals surface area contributed by atoms with Crippen LogP contribution in [-0.4, -0.2) is 5.11 Å². The molecule has 0 aromatic heterocycles. The van der Waals surface area contributed by atoms with Crippen molar-refractivity contribution < 1.29 is 5.11 Å². The molecule has 14 heavy (non-hydrogen) atoms. The maximum absolute atomic E-state index is 9.87. The van der Waals surface area contributed by atoms with Crippen molar-refractivity contribution in [1.82, 2.24) is 0 Å². The van der Waals surface area contributed by atoms with E-state index in [1.807, 2.05) is 6.08 Å². The molecule has 0 saturated carbocycles. The van der Waals surface area contributed by atoms with Crippen LogP contribution in [0.25, 0.3) is 0 Å². The van der Waals surface area contributed by atoms with Crippen LogP contribution in [0.3, 0.4) is 0 Å². The minimum Gasteiger partial charge on any atom is -0.508 e. The summed E-state index contributed by atoms with van der Waals surface area (Å²) in [4.78, 5) is 0. The molecule has 0 aromatic carbocycles. The van der Waals surface area contributed by atoms with Gasteiger partial charge in [-0.15, -0.1) is 0 Å². The molecular weight excluding hydrogens is 172 g/mol. The summed E-state index contributed by atoms with van der Waals surface area (Å²) in [5, 5.41) is 9.87. The largest absolute Gasteiger partial charge is 0.508 e. The van der Waals surface area contributed by atoms with Gasteiger partial charge in [0.25, 0.3) is 0 Å². The maximum atomic E-state index is 9.87. The first-order valence-corrected chi connectivity index (χ1v) is 5.51. The normalized spacial score (nSPS) is 27.2. The fourth-order valence-corrected chi connectivity index (χ4v) is 2.09. The first-order valence-electron chi connectivity index (χ1n) is 5.51. The van der Waals surface area contributed by atoms with Crippen LogP contribution in [0.2, 0.25) is 0 Å². The Bertz CT molecular complexity index is 282. The van der Waals surface area contributed by atoms with Crippen molar-refractivity contribution in [3.05, 3.63) is 23.0 Å². The molecule has 0 bridgehead atoms. The average molecular weight is 194 g/mol. The third-order valence-corrected chi connectivity index (χ3v) is 3.87. The van der Waals surface area contributed by atoms with Crippen molar-refractivity contribution in [2.45, 2.75) is 47.5 Å². The predicted molar refractivity (Wildman–Crippen MR) is 61.3 cm³/mol. The lowest BCUT2D eigenvalue weighted by atomic mass is 9.79. The van der Waals surface area contributed by atoms with Crippen LogP contribution in [0.4, 0.5) is 0 Å². The summed E-state index contributed by atoms with van der Waals surface area (Å²) in [6, 6.07) is 0. The van der Waals surface area contributed by atoms with E-state index >= 15 is 0 Å². The van der Waals surface area contributed by atoms with Crippen LogP contribution >= 0.6 is 0 Å². The molecule has 1 heteroatoms. The molecular formula is C13H22O. The second-order valence-corrected chi connectivity index (χ2v) is 4.93. The van der Waals surface area contributed by atoms with E-state index in [1.54, 1.807) is 0 Å². The zero-order chi connectivity index (χ0) is 10.9. The van der Waals surface area contributed by atoms with Gasteiger partial charge in [-0.3, -0.25) is 0 Å². The molecule has 1 aliphatic carbocycles. The third kappa shape index (κ3) is 1.73. The Hall–Kier alpha value is -0.720. The molecule has 80 valence electrons. The third-order valence-electron chi connectivity index (χ3n) is 3.87. The summed E-state index contributed by atoms with van der Waals surface area (Å²) < 4.78 is 0. The maximum Gasteiger partial charge on any atom is 0.114 e. The highest BCUT2D eigenvalue weighted by Crippen LogP contribution is 2.48. The van der Waals surface area contributed by atoms with E-state index in [2.05, 4.69) is 34.6 Å². The Morgan fingerprint density at radius 1 is 1.57 bits per heavy atom. The highest BCUT2D eigenvalue weighted by Gasteiger charge is 2.37. The van der Waals surface area contributed by atoms with Gasteiger partial charge in [-0.2, -0.15) is 0 Å². The van der Waals surface area contributed by atoms with Crippen molar-refractivity contribution in [2.75, 3.05) is 0 Å². The molecule has 0 heterocycles. The molecule has 0 radical (unpaired) electrons. The van der Waals surface area contributed by atoms with Gasteiger partial charge >= 0.3 is 0 Å². The molecule has 1 aliphatic rings. The Kier molecular flexibility index (Phi) is 3.08. The number of aliphatic hydroxyl groups excluding tert-OH is 1. The summed E-state index contributed by atoms with van der Waals surface area (Å²) in [5.41, 5.74) is 2.77. The van der Waals surface area contributed by atoms with Crippen LogP contribution in [0.15, 0.2) is 23.0 Å². The summed E-state index contributed by atoms with van der Waals surface area (Å²) in [7, 11) is 0. The fraction of sp³-hybridized carbons (Fsp3) is 0.692. The molecule has 0 amide bonds. The van der Waals surface area contributed by atoms with Crippen molar-refractivity contribution in [1.29, 1.82) is 0 Å². The van der Waals surface area contributed by atoms with E-state index in [0.717, 1.165) is 12.8 Å². The standard InChI is InChI=1S/C13H22O/c1-6-7-12(14)11-8-9(2)13(4,5)10(11)3/h7,9,14H,6,8H2,1-5H3. The van der Waals surface area contributed by atoms with Gasteiger partial charge < -0.3 is 5.11 Å². The Morgan fingerprint density at radius 3 is 2.50 bits per heavy atom. The molecule has 1 rings (SSSR count). The lowest BCUT2D eigenvalue weighted by Gasteiger charge is -2.26. The van der Waals surface area contributed by atoms with Gasteiger partial charge in [-0.1, -0.05) is 33.3 Å². The Morgan fingerprint density at radius 2 is 2.14 bits per heavy atom. The van der Waals surface area contributed by atoms with E-state index in [1.165, 1.54) is 11.1 Å². The van der Waals surface area contributed by atoms with Gasteiger partial charge in [0.05, 0.1) is 0 Å². The zero-order valence-corrected chi connectivity index (χ0v) is 10.0. The minimum absolute atomic E-state index is 0.241. The SMILES string of the molecule is CCC=C(O)C1=C(C)C(C)(C)C(C)C1. The second-order valence-electron chi connectivity index (χ2n) is 4.93. The highest BCUT2D eigenvalue weighted by molar-refractivity contribution is 5.37. The molecule has 0 spiro atoms. The fourth-order valence-electron chi connectivity index (χ4n) is 2.09. The van der Waals surface area contributed by atoms with Crippen molar-refractivity contribution in [3.63, 3.8) is 0 Å². The van der Waals surface area contributed by atoms with Crippen molar-refractivity contribution >= 4 is 0 Å². The first kappa shape index (κ1) is 11.4. The van der Waals surface area contributed by atoms with Crippen LogP contribution in [0.1, 0.15) is 47.5 Å². The molecule has 0 aromatic rings. The van der Waals surface area contributed by atoms with Gasteiger partial charge in [-0.25, -0.2) is 0 Å². The monoisotopic (exact) mass is 194 g/mol. The summed E-state index contributed by atoms with van der Waals surface area (Å²) >= 11 is 0. The Labute approximate surface area is 87.5 Å². The van der Waals surface area contributed by atoms with Crippen molar-refractivity contribution in [2.24, 2.45) is 11.3 Å². The number of allylic oxidation sites excluding steroid dienone is 3. The summed E-state index contributed by atoms with van der Waals surface area (Å²) in [6.45, 7) is 11.0. The average Bonchev–Trinajstić information content (AvgIpc) is 2.30. The van der Waals surface area contributed by atoms with Crippen molar-refractivity contribution in [3.8, 4) is 0 Å². The van der Waals surface area contributed by atoms with Gasteiger partial charge in [0, 0.05) is 0 Å². The smallest absolute Gasteiger partial charge is 0.114 e. The molecule has 0 saturated heterocycles. The molecule has 1 N–H and O–H groups in total. The quantitative estimate of drug-likeness (QED) is 0.652. The van der Waals surface area contributed by atoms with E-state index in [9.17, 15) is 5.11 Å². The first-order chi connectivity index (χ1) is 6.41. The second kappa shape index (κ2) is 3.80. The highest BCUT2D eigenvalue weighted by atomic mass is 16.3. The molecule has 1 atom stereocenters.